The summed E-state index contributed by atoms with van der Waals surface area (Å²) in [6.07, 6.45) is 3.43. The van der Waals surface area contributed by atoms with Gasteiger partial charge in [-0.15, -0.1) is 0 Å². The molecule has 0 bridgehead atoms. The van der Waals surface area contributed by atoms with E-state index < -0.39 is 0 Å². The van der Waals surface area contributed by atoms with E-state index >= 15 is 0 Å². The molecule has 0 saturated carbocycles. The standard InChI is InChI=1S/C12H15N3OS/c1-8-7-16-12(15-8)17-11-10(9(2)13-3)5-4-6-14-11/h4-7,9,13H,1-3H3. The first-order valence-electron chi connectivity index (χ1n) is 5.43. The Morgan fingerprint density at radius 3 is 2.94 bits per heavy atom. The summed E-state index contributed by atoms with van der Waals surface area (Å²) in [7, 11) is 1.93. The molecule has 2 aromatic rings. The van der Waals surface area contributed by atoms with Crippen LogP contribution in [-0.4, -0.2) is 17.0 Å². The largest absolute Gasteiger partial charge is 0.439 e. The van der Waals surface area contributed by atoms with Crippen LogP contribution in [0.4, 0.5) is 0 Å². The zero-order valence-electron chi connectivity index (χ0n) is 10.1. The number of aryl methyl sites for hydroxylation is 1. The fourth-order valence-electron chi connectivity index (χ4n) is 1.44. The van der Waals surface area contributed by atoms with Crippen molar-refractivity contribution in [3.8, 4) is 0 Å². The van der Waals surface area contributed by atoms with E-state index in [0.717, 1.165) is 16.3 Å². The van der Waals surface area contributed by atoms with Crippen LogP contribution < -0.4 is 5.32 Å². The molecule has 4 nitrogen and oxygen atoms in total. The molecule has 90 valence electrons. The van der Waals surface area contributed by atoms with Crippen LogP contribution in [0.15, 0.2) is 39.3 Å². The number of nitrogens with zero attached hydrogens (tertiary/aromatic N) is 2. The number of rotatable bonds is 4. The topological polar surface area (TPSA) is 51.0 Å². The van der Waals surface area contributed by atoms with Crippen LogP contribution in [0.3, 0.4) is 0 Å². The normalized spacial score (nSPS) is 12.6. The Morgan fingerprint density at radius 2 is 2.29 bits per heavy atom. The molecule has 0 amide bonds. The molecule has 0 saturated heterocycles. The van der Waals surface area contributed by atoms with Gasteiger partial charge in [-0.25, -0.2) is 9.97 Å². The summed E-state index contributed by atoms with van der Waals surface area (Å²) in [6.45, 7) is 4.00. The van der Waals surface area contributed by atoms with Gasteiger partial charge in [-0.05, 0) is 38.7 Å². The summed E-state index contributed by atoms with van der Waals surface area (Å²) in [6, 6.07) is 4.25. The maximum atomic E-state index is 5.33. The highest BCUT2D eigenvalue weighted by Gasteiger charge is 2.13. The minimum Gasteiger partial charge on any atom is -0.439 e. The molecule has 2 aromatic heterocycles. The maximum absolute atomic E-state index is 5.33. The average molecular weight is 249 g/mol. The highest BCUT2D eigenvalue weighted by atomic mass is 32.2. The number of oxazole rings is 1. The molecular formula is C12H15N3OS. The first-order chi connectivity index (χ1) is 8.20. The SMILES string of the molecule is CNC(C)c1cccnc1Sc1nc(C)co1. The van der Waals surface area contributed by atoms with Gasteiger partial charge in [0.05, 0.1) is 5.69 Å². The minimum atomic E-state index is 0.252. The Hall–Kier alpha value is -1.33. The number of aromatic nitrogens is 2. The van der Waals surface area contributed by atoms with Crippen LogP contribution in [0.5, 0.6) is 0 Å². The molecule has 5 heteroatoms. The summed E-state index contributed by atoms with van der Waals surface area (Å²) in [5.41, 5.74) is 2.03. The van der Waals surface area contributed by atoms with Crippen molar-refractivity contribution < 1.29 is 4.42 Å². The number of nitrogens with one attached hydrogen (secondary N) is 1. The van der Waals surface area contributed by atoms with Gasteiger partial charge in [0.1, 0.15) is 11.3 Å². The molecule has 2 heterocycles. The summed E-state index contributed by atoms with van der Waals surface area (Å²) in [5, 5.41) is 4.77. The Morgan fingerprint density at radius 1 is 1.47 bits per heavy atom. The van der Waals surface area contributed by atoms with Crippen molar-refractivity contribution in [1.29, 1.82) is 0 Å². The number of pyridine rings is 1. The second kappa shape index (κ2) is 5.33. The Balaban J connectivity index is 2.26. The molecule has 1 atom stereocenters. The van der Waals surface area contributed by atoms with E-state index in [0.29, 0.717) is 5.22 Å². The van der Waals surface area contributed by atoms with Crippen molar-refractivity contribution in [2.75, 3.05) is 7.05 Å². The van der Waals surface area contributed by atoms with Gasteiger partial charge in [0.2, 0.25) is 0 Å². The quantitative estimate of drug-likeness (QED) is 0.903. The predicted molar refractivity (Wildman–Crippen MR) is 67.1 cm³/mol. The van der Waals surface area contributed by atoms with Crippen LogP contribution in [0, 0.1) is 6.92 Å². The molecule has 1 unspecified atom stereocenters. The van der Waals surface area contributed by atoms with Gasteiger partial charge in [-0.1, -0.05) is 6.07 Å². The number of hydrogen-bond acceptors (Lipinski definition) is 5. The fraction of sp³-hybridized carbons (Fsp3) is 0.333. The smallest absolute Gasteiger partial charge is 0.262 e. The first kappa shape index (κ1) is 12.1. The van der Waals surface area contributed by atoms with Gasteiger partial charge < -0.3 is 9.73 Å². The lowest BCUT2D eigenvalue weighted by molar-refractivity contribution is 0.453. The lowest BCUT2D eigenvalue weighted by Crippen LogP contribution is -2.13. The maximum Gasteiger partial charge on any atom is 0.262 e. The lowest BCUT2D eigenvalue weighted by Gasteiger charge is -2.12. The highest BCUT2D eigenvalue weighted by molar-refractivity contribution is 7.99. The van der Waals surface area contributed by atoms with Gasteiger partial charge in [-0.3, -0.25) is 0 Å². The zero-order valence-corrected chi connectivity index (χ0v) is 10.9. The van der Waals surface area contributed by atoms with E-state index in [1.54, 1.807) is 12.5 Å². The van der Waals surface area contributed by atoms with Crippen molar-refractivity contribution >= 4 is 11.8 Å². The third-order valence-corrected chi connectivity index (χ3v) is 3.38. The van der Waals surface area contributed by atoms with Crippen molar-refractivity contribution in [1.82, 2.24) is 15.3 Å². The van der Waals surface area contributed by atoms with E-state index in [1.807, 2.05) is 20.0 Å². The van der Waals surface area contributed by atoms with Crippen molar-refractivity contribution in [2.24, 2.45) is 0 Å². The minimum absolute atomic E-state index is 0.252. The van der Waals surface area contributed by atoms with E-state index in [2.05, 4.69) is 28.3 Å². The van der Waals surface area contributed by atoms with Crippen LogP contribution in [0.25, 0.3) is 0 Å². The third-order valence-electron chi connectivity index (χ3n) is 2.48. The van der Waals surface area contributed by atoms with Crippen LogP contribution in [0.2, 0.25) is 0 Å². The average Bonchev–Trinajstić information content (AvgIpc) is 2.74. The van der Waals surface area contributed by atoms with Crippen molar-refractivity contribution in [3.63, 3.8) is 0 Å². The van der Waals surface area contributed by atoms with Crippen molar-refractivity contribution in [3.05, 3.63) is 35.9 Å². The van der Waals surface area contributed by atoms with Gasteiger partial charge in [0.25, 0.3) is 5.22 Å². The molecule has 0 aromatic carbocycles. The van der Waals surface area contributed by atoms with Crippen LogP contribution in [0.1, 0.15) is 24.2 Å². The van der Waals surface area contributed by atoms with Gasteiger partial charge in [0, 0.05) is 17.8 Å². The monoisotopic (exact) mass is 249 g/mol. The molecule has 0 radical (unpaired) electrons. The fourth-order valence-corrected chi connectivity index (χ4v) is 2.36. The summed E-state index contributed by atoms with van der Waals surface area (Å²) < 4.78 is 5.33. The molecule has 17 heavy (non-hydrogen) atoms. The van der Waals surface area contributed by atoms with E-state index in [4.69, 9.17) is 4.42 Å². The summed E-state index contributed by atoms with van der Waals surface area (Å²) >= 11 is 1.45. The van der Waals surface area contributed by atoms with Gasteiger partial charge >= 0.3 is 0 Å². The van der Waals surface area contributed by atoms with Crippen LogP contribution >= 0.6 is 11.8 Å². The van der Waals surface area contributed by atoms with Gasteiger partial charge in [-0.2, -0.15) is 0 Å². The van der Waals surface area contributed by atoms with Crippen LogP contribution in [-0.2, 0) is 0 Å². The Bertz CT molecular complexity index is 498. The molecule has 0 aliphatic carbocycles. The van der Waals surface area contributed by atoms with E-state index in [-0.39, 0.29) is 6.04 Å². The number of hydrogen-bond donors (Lipinski definition) is 1. The summed E-state index contributed by atoms with van der Waals surface area (Å²) in [5.74, 6) is 0. The Labute approximate surface area is 105 Å². The second-order valence-corrected chi connectivity index (χ2v) is 4.71. The predicted octanol–water partition coefficient (Wildman–Crippen LogP) is 2.81. The third kappa shape index (κ3) is 2.87. The van der Waals surface area contributed by atoms with Gasteiger partial charge in [0.15, 0.2) is 0 Å². The molecule has 1 N–H and O–H groups in total. The molecular weight excluding hydrogens is 234 g/mol. The zero-order chi connectivity index (χ0) is 12.3. The molecule has 0 fully saturated rings. The van der Waals surface area contributed by atoms with E-state index in [9.17, 15) is 0 Å². The first-order valence-corrected chi connectivity index (χ1v) is 6.24. The van der Waals surface area contributed by atoms with Crippen molar-refractivity contribution in [2.45, 2.75) is 30.1 Å². The molecule has 0 spiro atoms. The van der Waals surface area contributed by atoms with E-state index in [1.165, 1.54) is 11.8 Å². The summed E-state index contributed by atoms with van der Waals surface area (Å²) in [4.78, 5) is 8.64. The molecule has 0 aliphatic heterocycles. The molecule has 2 rings (SSSR count). The highest BCUT2D eigenvalue weighted by Crippen LogP contribution is 2.30. The molecule has 0 aliphatic rings. The second-order valence-electron chi connectivity index (χ2n) is 3.77. The Kier molecular flexibility index (Phi) is 3.81. The lowest BCUT2D eigenvalue weighted by atomic mass is 10.1.